The molecule has 16 heavy (non-hydrogen) atoms. The van der Waals surface area contributed by atoms with Crippen LogP contribution in [0.2, 0.25) is 0 Å². The number of fused-ring (bicyclic) bond motifs is 1. The van der Waals surface area contributed by atoms with Crippen molar-refractivity contribution < 1.29 is 4.39 Å². The van der Waals surface area contributed by atoms with Crippen molar-refractivity contribution >= 4 is 26.8 Å². The molecule has 1 heterocycles. The Morgan fingerprint density at radius 3 is 2.75 bits per heavy atom. The third kappa shape index (κ3) is 1.96. The summed E-state index contributed by atoms with van der Waals surface area (Å²) in [6, 6.07) is 7.13. The predicted octanol–water partition coefficient (Wildman–Crippen LogP) is 4.39. The number of rotatable bonds is 2. The molecule has 84 valence electrons. The third-order valence-corrected chi connectivity index (χ3v) is 3.24. The van der Waals surface area contributed by atoms with Gasteiger partial charge in [0.2, 0.25) is 0 Å². The summed E-state index contributed by atoms with van der Waals surface area (Å²) >= 11 is 3.44. The average Bonchev–Trinajstić information content (AvgIpc) is 2.28. The second kappa shape index (κ2) is 4.50. The monoisotopic (exact) mass is 281 g/mol. The van der Waals surface area contributed by atoms with E-state index in [1.807, 2.05) is 12.1 Å². The Hall–Kier alpha value is -0.960. The summed E-state index contributed by atoms with van der Waals surface area (Å²) in [5.41, 5.74) is 2.50. The SMILES string of the molecule is CC(C)c1cc(CBr)c2cccc(F)c2n1. The zero-order valence-corrected chi connectivity index (χ0v) is 10.9. The molecule has 3 heteroatoms. The number of hydrogen-bond donors (Lipinski definition) is 0. The first-order valence-electron chi connectivity index (χ1n) is 5.27. The summed E-state index contributed by atoms with van der Waals surface area (Å²) in [5, 5.41) is 1.61. The summed E-state index contributed by atoms with van der Waals surface area (Å²) in [6.45, 7) is 4.13. The molecule has 0 N–H and O–H groups in total. The lowest BCUT2D eigenvalue weighted by Gasteiger charge is -2.10. The minimum absolute atomic E-state index is 0.248. The maximum Gasteiger partial charge on any atom is 0.149 e. The molecule has 0 saturated heterocycles. The van der Waals surface area contributed by atoms with Crippen LogP contribution in [0.5, 0.6) is 0 Å². The molecule has 2 rings (SSSR count). The fourth-order valence-electron chi connectivity index (χ4n) is 1.71. The zero-order chi connectivity index (χ0) is 11.7. The summed E-state index contributed by atoms with van der Waals surface area (Å²) in [6.07, 6.45) is 0. The van der Waals surface area contributed by atoms with Crippen molar-refractivity contribution in [2.45, 2.75) is 25.1 Å². The van der Waals surface area contributed by atoms with E-state index in [2.05, 4.69) is 34.8 Å². The number of nitrogens with zero attached hydrogens (tertiary/aromatic N) is 1. The van der Waals surface area contributed by atoms with Gasteiger partial charge in [-0.2, -0.15) is 0 Å². The van der Waals surface area contributed by atoms with Crippen LogP contribution in [0.1, 0.15) is 31.0 Å². The van der Waals surface area contributed by atoms with E-state index in [-0.39, 0.29) is 5.82 Å². The van der Waals surface area contributed by atoms with Crippen LogP contribution in [0.15, 0.2) is 24.3 Å². The van der Waals surface area contributed by atoms with Gasteiger partial charge in [0.1, 0.15) is 11.3 Å². The lowest BCUT2D eigenvalue weighted by Crippen LogP contribution is -1.97. The molecule has 1 aromatic carbocycles. The van der Waals surface area contributed by atoms with Crippen LogP contribution in [0, 0.1) is 5.82 Å². The van der Waals surface area contributed by atoms with E-state index in [4.69, 9.17) is 0 Å². The zero-order valence-electron chi connectivity index (χ0n) is 9.30. The van der Waals surface area contributed by atoms with Gasteiger partial charge in [-0.05, 0) is 23.6 Å². The van der Waals surface area contributed by atoms with Gasteiger partial charge in [-0.3, -0.25) is 0 Å². The Kier molecular flexibility index (Phi) is 3.24. The van der Waals surface area contributed by atoms with E-state index in [0.29, 0.717) is 11.4 Å². The number of benzene rings is 1. The largest absolute Gasteiger partial charge is 0.249 e. The van der Waals surface area contributed by atoms with E-state index >= 15 is 0 Å². The number of hydrogen-bond acceptors (Lipinski definition) is 1. The molecule has 0 bridgehead atoms. The Labute approximate surface area is 103 Å². The van der Waals surface area contributed by atoms with Crippen LogP contribution in [-0.4, -0.2) is 4.98 Å². The normalized spacial score (nSPS) is 11.3. The van der Waals surface area contributed by atoms with Crippen molar-refractivity contribution in [2.75, 3.05) is 0 Å². The number of aromatic nitrogens is 1. The molecule has 2 aromatic rings. The van der Waals surface area contributed by atoms with Gasteiger partial charge in [0, 0.05) is 16.4 Å². The Balaban J connectivity index is 2.79. The minimum Gasteiger partial charge on any atom is -0.249 e. The first kappa shape index (κ1) is 11.5. The van der Waals surface area contributed by atoms with E-state index in [9.17, 15) is 4.39 Å². The highest BCUT2D eigenvalue weighted by molar-refractivity contribution is 9.08. The smallest absolute Gasteiger partial charge is 0.149 e. The molecule has 1 aromatic heterocycles. The maximum atomic E-state index is 13.7. The lowest BCUT2D eigenvalue weighted by molar-refractivity contribution is 0.635. The van der Waals surface area contributed by atoms with Crippen LogP contribution >= 0.6 is 15.9 Å². The summed E-state index contributed by atoms with van der Waals surface area (Å²) in [4.78, 5) is 4.39. The Morgan fingerprint density at radius 1 is 1.38 bits per heavy atom. The van der Waals surface area contributed by atoms with Crippen LogP contribution in [-0.2, 0) is 5.33 Å². The highest BCUT2D eigenvalue weighted by atomic mass is 79.9. The highest BCUT2D eigenvalue weighted by Crippen LogP contribution is 2.25. The van der Waals surface area contributed by atoms with Gasteiger partial charge in [-0.1, -0.05) is 41.9 Å². The van der Waals surface area contributed by atoms with Crippen molar-refractivity contribution in [3.05, 3.63) is 41.3 Å². The molecule has 0 amide bonds. The molecule has 0 radical (unpaired) electrons. The molecule has 1 nitrogen and oxygen atoms in total. The van der Waals surface area contributed by atoms with Gasteiger partial charge in [-0.25, -0.2) is 9.37 Å². The lowest BCUT2D eigenvalue weighted by atomic mass is 10.0. The van der Waals surface area contributed by atoms with Crippen molar-refractivity contribution in [1.29, 1.82) is 0 Å². The van der Waals surface area contributed by atoms with Gasteiger partial charge in [0.05, 0.1) is 0 Å². The summed E-state index contributed by atoms with van der Waals surface area (Å²) in [7, 11) is 0. The molecule has 0 spiro atoms. The van der Waals surface area contributed by atoms with Gasteiger partial charge in [0.25, 0.3) is 0 Å². The van der Waals surface area contributed by atoms with Gasteiger partial charge < -0.3 is 0 Å². The first-order chi connectivity index (χ1) is 7.63. The highest BCUT2D eigenvalue weighted by Gasteiger charge is 2.10. The molecular weight excluding hydrogens is 269 g/mol. The fraction of sp³-hybridized carbons (Fsp3) is 0.308. The van der Waals surface area contributed by atoms with Crippen LogP contribution in [0.4, 0.5) is 4.39 Å². The van der Waals surface area contributed by atoms with E-state index in [0.717, 1.165) is 22.0 Å². The molecule has 0 fully saturated rings. The van der Waals surface area contributed by atoms with Crippen LogP contribution in [0.25, 0.3) is 10.9 Å². The van der Waals surface area contributed by atoms with Crippen molar-refractivity contribution in [2.24, 2.45) is 0 Å². The molecule has 0 aliphatic carbocycles. The molecule has 0 saturated carbocycles. The second-order valence-corrected chi connectivity index (χ2v) is 4.69. The van der Waals surface area contributed by atoms with Crippen molar-refractivity contribution in [3.63, 3.8) is 0 Å². The van der Waals surface area contributed by atoms with E-state index in [1.165, 1.54) is 6.07 Å². The Morgan fingerprint density at radius 2 is 2.12 bits per heavy atom. The Bertz CT molecular complexity index is 523. The third-order valence-electron chi connectivity index (χ3n) is 2.63. The standard InChI is InChI=1S/C13H13BrFN/c1-8(2)12-6-9(7-14)10-4-3-5-11(15)13(10)16-12/h3-6,8H,7H2,1-2H3. The molecule has 0 aliphatic rings. The van der Waals surface area contributed by atoms with Crippen LogP contribution in [0.3, 0.4) is 0 Å². The fourth-order valence-corrected chi connectivity index (χ4v) is 2.18. The number of pyridine rings is 1. The van der Waals surface area contributed by atoms with Crippen LogP contribution < -0.4 is 0 Å². The molecular formula is C13H13BrFN. The van der Waals surface area contributed by atoms with Crippen molar-refractivity contribution in [1.82, 2.24) is 4.98 Å². The number of alkyl halides is 1. The maximum absolute atomic E-state index is 13.7. The summed E-state index contributed by atoms with van der Waals surface area (Å²) < 4.78 is 13.7. The van der Waals surface area contributed by atoms with Crippen molar-refractivity contribution in [3.8, 4) is 0 Å². The average molecular weight is 282 g/mol. The number of para-hydroxylation sites is 1. The molecule has 0 unspecified atom stereocenters. The minimum atomic E-state index is -0.248. The predicted molar refractivity (Wildman–Crippen MR) is 68.4 cm³/mol. The van der Waals surface area contributed by atoms with E-state index < -0.39 is 0 Å². The number of halogens is 2. The molecule has 0 aliphatic heterocycles. The summed E-state index contributed by atoms with van der Waals surface area (Å²) in [5.74, 6) is 0.0593. The quantitative estimate of drug-likeness (QED) is 0.744. The molecule has 0 atom stereocenters. The first-order valence-corrected chi connectivity index (χ1v) is 6.39. The van der Waals surface area contributed by atoms with Gasteiger partial charge in [0.15, 0.2) is 0 Å². The van der Waals surface area contributed by atoms with Gasteiger partial charge >= 0.3 is 0 Å². The van der Waals surface area contributed by atoms with E-state index in [1.54, 1.807) is 6.07 Å². The topological polar surface area (TPSA) is 12.9 Å². The second-order valence-electron chi connectivity index (χ2n) is 4.13. The van der Waals surface area contributed by atoms with Gasteiger partial charge in [-0.15, -0.1) is 0 Å².